The number of nitrogens with zero attached hydrogens (tertiary/aromatic N) is 2. The molecule has 88 valence electrons. The summed E-state index contributed by atoms with van der Waals surface area (Å²) in [5.41, 5.74) is 0.876. The number of aryl methyl sites for hydroxylation is 2. The lowest BCUT2D eigenvalue weighted by Crippen LogP contribution is -2.35. The summed E-state index contributed by atoms with van der Waals surface area (Å²) >= 11 is 0. The summed E-state index contributed by atoms with van der Waals surface area (Å²) in [5.74, 6) is 0.668. The molecule has 1 aliphatic rings. The van der Waals surface area contributed by atoms with E-state index in [0.717, 1.165) is 24.4 Å². The zero-order chi connectivity index (χ0) is 11.7. The lowest BCUT2D eigenvalue weighted by atomic mass is 10.2. The Morgan fingerprint density at radius 2 is 2.38 bits per heavy atom. The van der Waals surface area contributed by atoms with E-state index in [2.05, 4.69) is 4.98 Å². The average Bonchev–Trinajstić information content (AvgIpc) is 2.75. The summed E-state index contributed by atoms with van der Waals surface area (Å²) < 4.78 is 5.46. The van der Waals surface area contributed by atoms with Crippen molar-refractivity contribution in [3.05, 3.63) is 17.3 Å². The van der Waals surface area contributed by atoms with Crippen molar-refractivity contribution in [1.29, 1.82) is 0 Å². The van der Waals surface area contributed by atoms with Crippen LogP contribution in [0.2, 0.25) is 0 Å². The molecule has 1 saturated heterocycles. The molecule has 1 aromatic rings. The maximum atomic E-state index is 11.0. The Morgan fingerprint density at radius 3 is 2.94 bits per heavy atom. The summed E-state index contributed by atoms with van der Waals surface area (Å²) in [6.07, 6.45) is 1.64. The second-order valence-corrected chi connectivity index (χ2v) is 4.22. The fraction of sp³-hybridized carbons (Fsp3) is 0.636. The number of hydrogen-bond donors (Lipinski definition) is 1. The first-order valence-corrected chi connectivity index (χ1v) is 5.47. The molecule has 1 aromatic heterocycles. The van der Waals surface area contributed by atoms with Crippen LogP contribution in [-0.2, 0) is 11.3 Å². The van der Waals surface area contributed by atoms with Crippen LogP contribution < -0.4 is 0 Å². The van der Waals surface area contributed by atoms with Crippen LogP contribution in [0.5, 0.6) is 0 Å². The van der Waals surface area contributed by atoms with E-state index >= 15 is 0 Å². The summed E-state index contributed by atoms with van der Waals surface area (Å²) in [5, 5.41) is 9.03. The minimum Gasteiger partial charge on any atom is -0.480 e. The molecular formula is C11H16N2O3. The molecule has 1 fully saturated rings. The SMILES string of the molecule is Cc1nc(CN2CCCC2C(=O)O)oc1C. The predicted molar refractivity (Wildman–Crippen MR) is 57.0 cm³/mol. The van der Waals surface area contributed by atoms with Crippen LogP contribution in [0.1, 0.15) is 30.2 Å². The second kappa shape index (κ2) is 4.25. The molecule has 0 aliphatic carbocycles. The van der Waals surface area contributed by atoms with Gasteiger partial charge in [0.2, 0.25) is 5.89 Å². The molecular weight excluding hydrogens is 208 g/mol. The number of aromatic nitrogens is 1. The van der Waals surface area contributed by atoms with Crippen molar-refractivity contribution in [3.63, 3.8) is 0 Å². The molecule has 0 bridgehead atoms. The molecule has 2 heterocycles. The fourth-order valence-electron chi connectivity index (χ4n) is 2.08. The minimum atomic E-state index is -0.752. The first-order valence-electron chi connectivity index (χ1n) is 5.47. The third-order valence-electron chi connectivity index (χ3n) is 3.06. The number of hydrogen-bond acceptors (Lipinski definition) is 4. The molecule has 2 rings (SSSR count). The molecule has 5 nitrogen and oxygen atoms in total. The molecule has 0 amide bonds. The molecule has 0 aromatic carbocycles. The number of likely N-dealkylation sites (tertiary alicyclic amines) is 1. The van der Waals surface area contributed by atoms with Gasteiger partial charge in [0.25, 0.3) is 0 Å². The van der Waals surface area contributed by atoms with Gasteiger partial charge in [0, 0.05) is 0 Å². The number of rotatable bonds is 3. The highest BCUT2D eigenvalue weighted by Crippen LogP contribution is 2.20. The molecule has 16 heavy (non-hydrogen) atoms. The largest absolute Gasteiger partial charge is 0.480 e. The summed E-state index contributed by atoms with van der Waals surface area (Å²) in [4.78, 5) is 17.2. The van der Waals surface area contributed by atoms with Crippen LogP contribution in [0.3, 0.4) is 0 Å². The molecule has 1 unspecified atom stereocenters. The van der Waals surface area contributed by atoms with Crippen LogP contribution in [0, 0.1) is 13.8 Å². The zero-order valence-electron chi connectivity index (χ0n) is 9.56. The van der Waals surface area contributed by atoms with Crippen molar-refractivity contribution in [2.75, 3.05) is 6.54 Å². The Hall–Kier alpha value is -1.36. The van der Waals surface area contributed by atoms with Gasteiger partial charge in [0.05, 0.1) is 12.2 Å². The molecule has 1 aliphatic heterocycles. The van der Waals surface area contributed by atoms with Crippen LogP contribution >= 0.6 is 0 Å². The first kappa shape index (κ1) is 11.1. The molecule has 1 atom stereocenters. The van der Waals surface area contributed by atoms with E-state index in [1.165, 1.54) is 0 Å². The van der Waals surface area contributed by atoms with Gasteiger partial charge in [-0.05, 0) is 33.2 Å². The highest BCUT2D eigenvalue weighted by atomic mass is 16.4. The normalized spacial score (nSPS) is 21.5. The van der Waals surface area contributed by atoms with E-state index in [1.807, 2.05) is 18.7 Å². The van der Waals surface area contributed by atoms with Crippen LogP contribution in [0.25, 0.3) is 0 Å². The van der Waals surface area contributed by atoms with Crippen molar-refractivity contribution in [3.8, 4) is 0 Å². The third-order valence-corrected chi connectivity index (χ3v) is 3.06. The van der Waals surface area contributed by atoms with Gasteiger partial charge in [-0.25, -0.2) is 4.98 Å². The van der Waals surface area contributed by atoms with Gasteiger partial charge in [0.1, 0.15) is 11.8 Å². The summed E-state index contributed by atoms with van der Waals surface area (Å²) in [6.45, 7) is 5.05. The van der Waals surface area contributed by atoms with Crippen molar-refractivity contribution >= 4 is 5.97 Å². The fourth-order valence-corrected chi connectivity index (χ4v) is 2.08. The molecule has 0 saturated carbocycles. The Kier molecular flexibility index (Phi) is 2.96. The number of carboxylic acid groups (broad SMARTS) is 1. The highest BCUT2D eigenvalue weighted by molar-refractivity contribution is 5.73. The maximum Gasteiger partial charge on any atom is 0.320 e. The van der Waals surface area contributed by atoms with Gasteiger partial charge in [-0.1, -0.05) is 0 Å². The number of carbonyl (C=O) groups is 1. The smallest absolute Gasteiger partial charge is 0.320 e. The van der Waals surface area contributed by atoms with E-state index in [-0.39, 0.29) is 6.04 Å². The molecule has 5 heteroatoms. The monoisotopic (exact) mass is 224 g/mol. The maximum absolute atomic E-state index is 11.0. The quantitative estimate of drug-likeness (QED) is 0.839. The topological polar surface area (TPSA) is 66.6 Å². The standard InChI is InChI=1S/C11H16N2O3/c1-7-8(2)16-10(12-7)6-13-5-3-4-9(13)11(14)15/h9H,3-6H2,1-2H3,(H,14,15). The molecule has 0 radical (unpaired) electrons. The van der Waals surface area contributed by atoms with Crippen LogP contribution in [0.15, 0.2) is 4.42 Å². The van der Waals surface area contributed by atoms with Crippen LogP contribution in [0.4, 0.5) is 0 Å². The predicted octanol–water partition coefficient (Wildman–Crippen LogP) is 1.34. The number of carboxylic acids is 1. The summed E-state index contributed by atoms with van der Waals surface area (Å²) in [7, 11) is 0. The lowest BCUT2D eigenvalue weighted by molar-refractivity contribution is -0.142. The van der Waals surface area contributed by atoms with Gasteiger partial charge in [-0.15, -0.1) is 0 Å². The Balaban J connectivity index is 2.06. The van der Waals surface area contributed by atoms with E-state index in [9.17, 15) is 4.79 Å². The van der Waals surface area contributed by atoms with Crippen molar-refractivity contribution in [2.45, 2.75) is 39.3 Å². The lowest BCUT2D eigenvalue weighted by Gasteiger charge is -2.18. The number of aliphatic carboxylic acids is 1. The molecule has 0 spiro atoms. The average molecular weight is 224 g/mol. The van der Waals surface area contributed by atoms with E-state index in [0.29, 0.717) is 18.9 Å². The van der Waals surface area contributed by atoms with E-state index in [1.54, 1.807) is 0 Å². The highest BCUT2D eigenvalue weighted by Gasteiger charge is 2.31. The second-order valence-electron chi connectivity index (χ2n) is 4.22. The van der Waals surface area contributed by atoms with Crippen molar-refractivity contribution in [2.24, 2.45) is 0 Å². The minimum absolute atomic E-state index is 0.382. The zero-order valence-corrected chi connectivity index (χ0v) is 9.56. The summed E-state index contributed by atoms with van der Waals surface area (Å²) in [6, 6.07) is -0.382. The van der Waals surface area contributed by atoms with Crippen LogP contribution in [-0.4, -0.2) is 33.5 Å². The van der Waals surface area contributed by atoms with Crippen molar-refractivity contribution < 1.29 is 14.3 Å². The molecule has 1 N–H and O–H groups in total. The van der Waals surface area contributed by atoms with Gasteiger partial charge < -0.3 is 9.52 Å². The number of oxazole rings is 1. The van der Waals surface area contributed by atoms with Gasteiger partial charge in [-0.2, -0.15) is 0 Å². The van der Waals surface area contributed by atoms with Crippen molar-refractivity contribution in [1.82, 2.24) is 9.88 Å². The van der Waals surface area contributed by atoms with E-state index < -0.39 is 5.97 Å². The first-order chi connectivity index (χ1) is 7.58. The Bertz CT molecular complexity index is 380. The van der Waals surface area contributed by atoms with Gasteiger partial charge >= 0.3 is 5.97 Å². The Morgan fingerprint density at radius 1 is 1.62 bits per heavy atom. The van der Waals surface area contributed by atoms with Gasteiger partial charge in [-0.3, -0.25) is 9.69 Å². The Labute approximate surface area is 94.1 Å². The van der Waals surface area contributed by atoms with E-state index in [4.69, 9.17) is 9.52 Å². The van der Waals surface area contributed by atoms with Gasteiger partial charge in [0.15, 0.2) is 0 Å². The third kappa shape index (κ3) is 2.09.